The smallest absolute Gasteiger partial charge is 0.160 e. The first-order valence-electron chi connectivity index (χ1n) is 15.2. The monoisotopic (exact) mass is 579 g/mol. The lowest BCUT2D eigenvalue weighted by atomic mass is 9.82. The van der Waals surface area contributed by atoms with Crippen molar-refractivity contribution in [2.24, 2.45) is 0 Å². The fourth-order valence-corrected chi connectivity index (χ4v) is 6.36. The minimum atomic E-state index is -0.0158. The van der Waals surface area contributed by atoms with Crippen LogP contribution in [0.25, 0.3) is 61.5 Å². The van der Waals surface area contributed by atoms with Crippen LogP contribution in [0.3, 0.4) is 0 Å². The van der Waals surface area contributed by atoms with Gasteiger partial charge in [0.25, 0.3) is 0 Å². The molecule has 45 heavy (non-hydrogen) atoms. The van der Waals surface area contributed by atoms with Crippen LogP contribution < -0.4 is 0 Å². The van der Waals surface area contributed by atoms with Gasteiger partial charge < -0.3 is 0 Å². The molecule has 2 heterocycles. The van der Waals surface area contributed by atoms with E-state index in [4.69, 9.17) is 9.97 Å². The van der Waals surface area contributed by atoms with E-state index in [1.165, 1.54) is 27.8 Å². The maximum atomic E-state index is 5.02. The average Bonchev–Trinajstić information content (AvgIpc) is 3.33. The standard InChI is InChI=1S/C42H33N3/c1-5-11-28(6-2)41-44-39(30-19-17-29(18-20-30)34-14-10-23-43-27-34)26-40(45-41)33-13-9-12-31(24-33)32-21-22-38-36(25-32)35-15-7-8-16-37(35)42(38,3)4/h5-27H,1-2H2,3-4H3/b28-11+. The molecule has 0 saturated heterocycles. The molecule has 6 aromatic rings. The zero-order valence-corrected chi connectivity index (χ0v) is 25.5. The topological polar surface area (TPSA) is 38.7 Å². The third-order valence-corrected chi connectivity index (χ3v) is 8.75. The van der Waals surface area contributed by atoms with Gasteiger partial charge in [-0.25, -0.2) is 9.97 Å². The number of fused-ring (bicyclic) bond motifs is 3. The summed E-state index contributed by atoms with van der Waals surface area (Å²) in [6, 6.07) is 38.7. The van der Waals surface area contributed by atoms with Crippen LogP contribution in [0.15, 0.2) is 153 Å². The second-order valence-corrected chi connectivity index (χ2v) is 11.9. The summed E-state index contributed by atoms with van der Waals surface area (Å²) in [5, 5.41) is 0. The predicted molar refractivity (Wildman–Crippen MR) is 188 cm³/mol. The van der Waals surface area contributed by atoms with E-state index in [0.29, 0.717) is 5.82 Å². The van der Waals surface area contributed by atoms with E-state index >= 15 is 0 Å². The molecule has 0 atom stereocenters. The Morgan fingerprint density at radius 2 is 1.27 bits per heavy atom. The van der Waals surface area contributed by atoms with E-state index in [9.17, 15) is 0 Å². The van der Waals surface area contributed by atoms with E-state index in [0.717, 1.165) is 44.8 Å². The first kappa shape index (κ1) is 28.1. The van der Waals surface area contributed by atoms with Gasteiger partial charge in [-0.3, -0.25) is 4.98 Å². The Labute approximate surface area is 265 Å². The van der Waals surface area contributed by atoms with Crippen LogP contribution >= 0.6 is 0 Å². The van der Waals surface area contributed by atoms with Crippen LogP contribution in [-0.2, 0) is 5.41 Å². The van der Waals surface area contributed by atoms with E-state index in [-0.39, 0.29) is 5.41 Å². The number of pyridine rings is 1. The Kier molecular flexibility index (Phi) is 7.15. The molecule has 3 heteroatoms. The molecule has 0 aliphatic heterocycles. The highest BCUT2D eigenvalue weighted by atomic mass is 14.9. The molecule has 0 saturated carbocycles. The van der Waals surface area contributed by atoms with Crippen molar-refractivity contribution in [3.05, 3.63) is 170 Å². The molecule has 4 aromatic carbocycles. The highest BCUT2D eigenvalue weighted by Gasteiger charge is 2.35. The highest BCUT2D eigenvalue weighted by Crippen LogP contribution is 2.49. The number of nitrogens with zero attached hydrogens (tertiary/aromatic N) is 3. The van der Waals surface area contributed by atoms with Gasteiger partial charge in [-0.05, 0) is 68.8 Å². The number of hydrogen-bond donors (Lipinski definition) is 0. The molecule has 3 nitrogen and oxygen atoms in total. The van der Waals surface area contributed by atoms with Crippen LogP contribution in [0.2, 0.25) is 0 Å². The first-order valence-corrected chi connectivity index (χ1v) is 15.2. The van der Waals surface area contributed by atoms with Gasteiger partial charge in [-0.1, -0.05) is 130 Å². The Hall–Kier alpha value is -5.67. The van der Waals surface area contributed by atoms with Crippen LogP contribution in [0.5, 0.6) is 0 Å². The molecule has 0 bridgehead atoms. The number of rotatable bonds is 7. The molecule has 0 spiro atoms. The van der Waals surface area contributed by atoms with E-state index in [1.54, 1.807) is 18.3 Å². The van der Waals surface area contributed by atoms with Crippen LogP contribution in [0.4, 0.5) is 0 Å². The fourth-order valence-electron chi connectivity index (χ4n) is 6.36. The lowest BCUT2D eigenvalue weighted by molar-refractivity contribution is 0.660. The number of hydrogen-bond acceptors (Lipinski definition) is 3. The van der Waals surface area contributed by atoms with Crippen LogP contribution in [0.1, 0.15) is 30.8 Å². The zero-order valence-electron chi connectivity index (χ0n) is 25.5. The Bertz CT molecular complexity index is 2100. The summed E-state index contributed by atoms with van der Waals surface area (Å²) < 4.78 is 0. The third-order valence-electron chi connectivity index (χ3n) is 8.75. The van der Waals surface area contributed by atoms with Gasteiger partial charge >= 0.3 is 0 Å². The summed E-state index contributed by atoms with van der Waals surface area (Å²) in [7, 11) is 0. The van der Waals surface area contributed by atoms with Crippen molar-refractivity contribution < 1.29 is 0 Å². The lowest BCUT2D eigenvalue weighted by Crippen LogP contribution is -2.14. The van der Waals surface area contributed by atoms with Gasteiger partial charge in [-0.15, -0.1) is 0 Å². The predicted octanol–water partition coefficient (Wildman–Crippen LogP) is 10.6. The SMILES string of the molecule is C=C/C=C(\C=C)c1nc(-c2ccc(-c3cccnc3)cc2)cc(-c2cccc(-c3ccc4c(c3)-c3ccccc3C4(C)C)c2)n1. The highest BCUT2D eigenvalue weighted by molar-refractivity contribution is 5.85. The quantitative estimate of drug-likeness (QED) is 0.177. The maximum absolute atomic E-state index is 5.02. The Balaban J connectivity index is 1.31. The molecule has 0 amide bonds. The molecule has 1 aliphatic carbocycles. The normalized spacial score (nSPS) is 13.2. The molecule has 0 radical (unpaired) electrons. The number of aromatic nitrogens is 3. The number of allylic oxidation sites excluding steroid dienone is 4. The Morgan fingerprint density at radius 3 is 2.02 bits per heavy atom. The Morgan fingerprint density at radius 1 is 0.600 bits per heavy atom. The van der Waals surface area contributed by atoms with Gasteiger partial charge in [0.2, 0.25) is 0 Å². The first-order chi connectivity index (χ1) is 22.0. The van der Waals surface area contributed by atoms with Crippen molar-refractivity contribution in [2.45, 2.75) is 19.3 Å². The third kappa shape index (κ3) is 5.13. The van der Waals surface area contributed by atoms with Crippen molar-refractivity contribution >= 4 is 5.57 Å². The van der Waals surface area contributed by atoms with Gasteiger partial charge in [-0.2, -0.15) is 0 Å². The zero-order chi connectivity index (χ0) is 31.0. The van der Waals surface area contributed by atoms with Crippen molar-refractivity contribution in [2.75, 3.05) is 0 Å². The second-order valence-electron chi connectivity index (χ2n) is 11.9. The minimum Gasteiger partial charge on any atom is -0.264 e. The molecular weight excluding hydrogens is 546 g/mol. The average molecular weight is 580 g/mol. The lowest BCUT2D eigenvalue weighted by Gasteiger charge is -2.21. The van der Waals surface area contributed by atoms with Crippen molar-refractivity contribution in [3.8, 4) is 55.9 Å². The fraction of sp³-hybridized carbons (Fsp3) is 0.0714. The molecule has 0 N–H and O–H groups in total. The molecule has 1 aliphatic rings. The molecule has 216 valence electrons. The van der Waals surface area contributed by atoms with Gasteiger partial charge in [0.1, 0.15) is 0 Å². The van der Waals surface area contributed by atoms with Crippen LogP contribution in [0, 0.1) is 0 Å². The molecule has 7 rings (SSSR count). The molecule has 2 aromatic heterocycles. The van der Waals surface area contributed by atoms with Gasteiger partial charge in [0.05, 0.1) is 11.4 Å². The van der Waals surface area contributed by atoms with E-state index < -0.39 is 0 Å². The molecule has 0 fully saturated rings. The summed E-state index contributed by atoms with van der Waals surface area (Å²) in [6.07, 6.45) is 9.07. The second kappa shape index (κ2) is 11.4. The van der Waals surface area contributed by atoms with E-state index in [1.807, 2.05) is 18.3 Å². The summed E-state index contributed by atoms with van der Waals surface area (Å²) in [5.74, 6) is 0.607. The largest absolute Gasteiger partial charge is 0.264 e. The summed E-state index contributed by atoms with van der Waals surface area (Å²) in [4.78, 5) is 14.2. The summed E-state index contributed by atoms with van der Waals surface area (Å²) >= 11 is 0. The van der Waals surface area contributed by atoms with E-state index in [2.05, 4.69) is 135 Å². The van der Waals surface area contributed by atoms with Gasteiger partial charge in [0, 0.05) is 34.5 Å². The summed E-state index contributed by atoms with van der Waals surface area (Å²) in [6.45, 7) is 12.5. The maximum Gasteiger partial charge on any atom is 0.160 e. The molecular formula is C42H33N3. The van der Waals surface area contributed by atoms with Crippen molar-refractivity contribution in [3.63, 3.8) is 0 Å². The van der Waals surface area contributed by atoms with Crippen LogP contribution in [-0.4, -0.2) is 15.0 Å². The van der Waals surface area contributed by atoms with Gasteiger partial charge in [0.15, 0.2) is 5.82 Å². The van der Waals surface area contributed by atoms with Crippen molar-refractivity contribution in [1.82, 2.24) is 15.0 Å². The molecule has 0 unspecified atom stereocenters. The summed E-state index contributed by atoms with van der Waals surface area (Å²) in [5.41, 5.74) is 14.4. The minimum absolute atomic E-state index is 0.0158. The number of benzene rings is 4. The van der Waals surface area contributed by atoms with Crippen molar-refractivity contribution in [1.29, 1.82) is 0 Å².